The van der Waals surface area contributed by atoms with E-state index in [-0.39, 0.29) is 24.9 Å². The quantitative estimate of drug-likeness (QED) is 0.711. The summed E-state index contributed by atoms with van der Waals surface area (Å²) in [6.45, 7) is 0.103. The number of imide groups is 1. The molecular weight excluding hydrogens is 326 g/mol. The van der Waals surface area contributed by atoms with Crippen LogP contribution < -0.4 is 20.1 Å². The number of urea groups is 1. The SMILES string of the molecule is COc1ccc(CN2C(=O)N[C@@H](CC(=O)NC3CC3)C2=O)cc1OC. The van der Waals surface area contributed by atoms with E-state index in [0.29, 0.717) is 11.5 Å². The summed E-state index contributed by atoms with van der Waals surface area (Å²) >= 11 is 0. The van der Waals surface area contributed by atoms with Crippen molar-refractivity contribution in [3.8, 4) is 11.5 Å². The number of nitrogens with one attached hydrogen (secondary N) is 2. The van der Waals surface area contributed by atoms with Gasteiger partial charge in [-0.1, -0.05) is 6.07 Å². The maximum Gasteiger partial charge on any atom is 0.325 e. The monoisotopic (exact) mass is 347 g/mol. The third-order valence-electron chi connectivity index (χ3n) is 4.23. The summed E-state index contributed by atoms with van der Waals surface area (Å²) in [5.74, 6) is 0.477. The molecule has 0 unspecified atom stereocenters. The number of amides is 4. The maximum absolute atomic E-state index is 12.4. The fourth-order valence-corrected chi connectivity index (χ4v) is 2.73. The second-order valence-electron chi connectivity index (χ2n) is 6.16. The second kappa shape index (κ2) is 7.00. The van der Waals surface area contributed by atoms with Crippen molar-refractivity contribution in [1.29, 1.82) is 0 Å². The number of benzene rings is 1. The molecule has 1 aromatic rings. The predicted octanol–water partition coefficient (Wildman–Crippen LogP) is 0.793. The van der Waals surface area contributed by atoms with Gasteiger partial charge in [-0.05, 0) is 30.5 Å². The number of nitrogens with zero attached hydrogens (tertiary/aromatic N) is 1. The van der Waals surface area contributed by atoms with Crippen molar-refractivity contribution >= 4 is 17.8 Å². The van der Waals surface area contributed by atoms with Gasteiger partial charge in [0.25, 0.3) is 5.91 Å². The zero-order valence-corrected chi connectivity index (χ0v) is 14.2. The van der Waals surface area contributed by atoms with Crippen molar-refractivity contribution in [1.82, 2.24) is 15.5 Å². The lowest BCUT2D eigenvalue weighted by Crippen LogP contribution is -2.37. The first-order chi connectivity index (χ1) is 12.0. The minimum Gasteiger partial charge on any atom is -0.493 e. The molecule has 1 aliphatic carbocycles. The van der Waals surface area contributed by atoms with E-state index in [1.807, 2.05) is 0 Å². The Morgan fingerprint density at radius 2 is 1.96 bits per heavy atom. The molecule has 1 heterocycles. The van der Waals surface area contributed by atoms with Crippen molar-refractivity contribution in [3.63, 3.8) is 0 Å². The van der Waals surface area contributed by atoms with Crippen LogP contribution in [-0.4, -0.2) is 49.0 Å². The number of rotatable bonds is 7. The first-order valence-corrected chi connectivity index (χ1v) is 8.14. The van der Waals surface area contributed by atoms with Crippen LogP contribution in [0.5, 0.6) is 11.5 Å². The lowest BCUT2D eigenvalue weighted by Gasteiger charge is -2.15. The van der Waals surface area contributed by atoms with Crippen LogP contribution in [0.4, 0.5) is 4.79 Å². The normalized spacial score (nSPS) is 19.6. The average molecular weight is 347 g/mol. The van der Waals surface area contributed by atoms with E-state index in [4.69, 9.17) is 9.47 Å². The molecule has 134 valence electrons. The van der Waals surface area contributed by atoms with Gasteiger partial charge < -0.3 is 20.1 Å². The zero-order valence-electron chi connectivity index (χ0n) is 14.2. The van der Waals surface area contributed by atoms with Crippen molar-refractivity contribution in [2.75, 3.05) is 14.2 Å². The molecular formula is C17H21N3O5. The number of ether oxygens (including phenoxy) is 2. The first-order valence-electron chi connectivity index (χ1n) is 8.14. The average Bonchev–Trinajstić information content (AvgIpc) is 3.37. The molecule has 1 aliphatic heterocycles. The third kappa shape index (κ3) is 3.84. The summed E-state index contributed by atoms with van der Waals surface area (Å²) in [6, 6.07) is 4.10. The molecule has 1 aromatic carbocycles. The van der Waals surface area contributed by atoms with Crippen molar-refractivity contribution in [2.45, 2.75) is 37.9 Å². The molecule has 1 saturated carbocycles. The van der Waals surface area contributed by atoms with E-state index in [0.717, 1.165) is 23.3 Å². The molecule has 0 spiro atoms. The maximum atomic E-state index is 12.4. The largest absolute Gasteiger partial charge is 0.493 e. The molecule has 0 aromatic heterocycles. The van der Waals surface area contributed by atoms with Gasteiger partial charge in [0.2, 0.25) is 5.91 Å². The standard InChI is InChI=1S/C17H21N3O5/c1-24-13-6-3-10(7-14(13)25-2)9-20-16(22)12(19-17(20)23)8-15(21)18-11-4-5-11/h3,6-7,11-12H,4-5,8-9H2,1-2H3,(H,18,21)(H,19,23)/t12-/m0/s1. The van der Waals surface area contributed by atoms with Crippen molar-refractivity contribution in [2.24, 2.45) is 0 Å². The Labute approximate surface area is 145 Å². The van der Waals surface area contributed by atoms with E-state index in [9.17, 15) is 14.4 Å². The fourth-order valence-electron chi connectivity index (χ4n) is 2.73. The van der Waals surface area contributed by atoms with E-state index < -0.39 is 18.0 Å². The molecule has 2 N–H and O–H groups in total. The Morgan fingerprint density at radius 1 is 1.24 bits per heavy atom. The minimum atomic E-state index is -0.814. The summed E-state index contributed by atoms with van der Waals surface area (Å²) in [4.78, 5) is 37.5. The van der Waals surface area contributed by atoms with Crippen molar-refractivity contribution in [3.05, 3.63) is 23.8 Å². The smallest absolute Gasteiger partial charge is 0.325 e. The van der Waals surface area contributed by atoms with Gasteiger partial charge >= 0.3 is 6.03 Å². The Kier molecular flexibility index (Phi) is 4.78. The van der Waals surface area contributed by atoms with Crippen molar-refractivity contribution < 1.29 is 23.9 Å². The Morgan fingerprint density at radius 3 is 2.60 bits per heavy atom. The van der Waals surface area contributed by atoms with E-state index in [2.05, 4.69) is 10.6 Å². The summed E-state index contributed by atoms with van der Waals surface area (Å²) < 4.78 is 10.4. The molecule has 2 aliphatic rings. The molecule has 1 saturated heterocycles. The molecule has 0 radical (unpaired) electrons. The highest BCUT2D eigenvalue weighted by Crippen LogP contribution is 2.28. The highest BCUT2D eigenvalue weighted by atomic mass is 16.5. The van der Waals surface area contributed by atoms with Crippen LogP contribution in [0.2, 0.25) is 0 Å². The fraction of sp³-hybridized carbons (Fsp3) is 0.471. The Bertz CT molecular complexity index is 702. The molecule has 1 atom stereocenters. The van der Waals surface area contributed by atoms with Crippen LogP contribution in [0.15, 0.2) is 18.2 Å². The summed E-state index contributed by atoms with van der Waals surface area (Å²) in [5.41, 5.74) is 0.726. The molecule has 8 heteroatoms. The predicted molar refractivity (Wildman–Crippen MR) is 88.2 cm³/mol. The van der Waals surface area contributed by atoms with Crippen LogP contribution in [0.3, 0.4) is 0 Å². The van der Waals surface area contributed by atoms with Gasteiger partial charge in [-0.3, -0.25) is 14.5 Å². The summed E-state index contributed by atoms with van der Waals surface area (Å²) in [7, 11) is 3.05. The summed E-state index contributed by atoms with van der Waals surface area (Å²) in [6.07, 6.45) is 1.91. The van der Waals surface area contributed by atoms with Crippen LogP contribution >= 0.6 is 0 Å². The van der Waals surface area contributed by atoms with Gasteiger partial charge in [-0.25, -0.2) is 4.79 Å². The molecule has 8 nitrogen and oxygen atoms in total. The second-order valence-corrected chi connectivity index (χ2v) is 6.16. The van der Waals surface area contributed by atoms with E-state index in [1.165, 1.54) is 14.2 Å². The molecule has 2 fully saturated rings. The highest BCUT2D eigenvalue weighted by molar-refractivity contribution is 6.05. The van der Waals surface area contributed by atoms with Gasteiger partial charge in [0, 0.05) is 6.04 Å². The van der Waals surface area contributed by atoms with Gasteiger partial charge in [-0.2, -0.15) is 0 Å². The van der Waals surface area contributed by atoms with Gasteiger partial charge in [0.1, 0.15) is 6.04 Å². The van der Waals surface area contributed by atoms with Crippen LogP contribution in [0.1, 0.15) is 24.8 Å². The molecule has 3 rings (SSSR count). The number of carbonyl (C=O) groups excluding carboxylic acids is 3. The minimum absolute atomic E-state index is 0.0382. The zero-order chi connectivity index (χ0) is 18.0. The Balaban J connectivity index is 1.65. The highest BCUT2D eigenvalue weighted by Gasteiger charge is 2.39. The lowest BCUT2D eigenvalue weighted by molar-refractivity contribution is -0.131. The van der Waals surface area contributed by atoms with Gasteiger partial charge in [0.05, 0.1) is 27.2 Å². The number of hydrogen-bond donors (Lipinski definition) is 2. The van der Waals surface area contributed by atoms with Crippen LogP contribution in [0, 0.1) is 0 Å². The number of hydrogen-bond acceptors (Lipinski definition) is 5. The lowest BCUT2D eigenvalue weighted by atomic mass is 10.1. The summed E-state index contributed by atoms with van der Waals surface area (Å²) in [5, 5.41) is 5.39. The third-order valence-corrected chi connectivity index (χ3v) is 4.23. The number of carbonyl (C=O) groups is 3. The van der Waals surface area contributed by atoms with E-state index >= 15 is 0 Å². The van der Waals surface area contributed by atoms with Gasteiger partial charge in [-0.15, -0.1) is 0 Å². The number of methoxy groups -OCH3 is 2. The first kappa shape index (κ1) is 17.1. The molecule has 4 amide bonds. The van der Waals surface area contributed by atoms with Crippen LogP contribution in [0.25, 0.3) is 0 Å². The van der Waals surface area contributed by atoms with Gasteiger partial charge in [0.15, 0.2) is 11.5 Å². The Hall–Kier alpha value is -2.77. The molecule has 25 heavy (non-hydrogen) atoms. The van der Waals surface area contributed by atoms with E-state index in [1.54, 1.807) is 18.2 Å². The van der Waals surface area contributed by atoms with Crippen LogP contribution in [-0.2, 0) is 16.1 Å². The topological polar surface area (TPSA) is 97.0 Å². The molecule has 0 bridgehead atoms.